The Morgan fingerprint density at radius 2 is 1.36 bits per heavy atom. The molecular formula is C21H32N2O4S. The SMILES string of the molecule is O=C(Nc1ccc(S(=O)(=O)NC2CCCCC2)cc1)OC1CCCCCCC1. The summed E-state index contributed by atoms with van der Waals surface area (Å²) in [5.74, 6) is 0. The van der Waals surface area contributed by atoms with Gasteiger partial charge in [0.25, 0.3) is 0 Å². The molecule has 2 aliphatic carbocycles. The molecule has 0 aromatic heterocycles. The minimum Gasteiger partial charge on any atom is -0.446 e. The van der Waals surface area contributed by atoms with Gasteiger partial charge in [0.05, 0.1) is 4.90 Å². The van der Waals surface area contributed by atoms with E-state index in [2.05, 4.69) is 10.0 Å². The van der Waals surface area contributed by atoms with Gasteiger partial charge < -0.3 is 4.74 Å². The number of nitrogens with one attached hydrogen (secondary N) is 2. The summed E-state index contributed by atoms with van der Waals surface area (Å²) in [6.45, 7) is 0. The van der Waals surface area contributed by atoms with Crippen LogP contribution in [0.2, 0.25) is 0 Å². The van der Waals surface area contributed by atoms with Crippen molar-refractivity contribution < 1.29 is 17.9 Å². The molecule has 1 aromatic carbocycles. The van der Waals surface area contributed by atoms with Crippen molar-refractivity contribution in [3.63, 3.8) is 0 Å². The molecule has 0 spiro atoms. The van der Waals surface area contributed by atoms with E-state index in [9.17, 15) is 13.2 Å². The molecule has 0 heterocycles. The van der Waals surface area contributed by atoms with E-state index in [4.69, 9.17) is 4.74 Å². The van der Waals surface area contributed by atoms with Crippen LogP contribution in [0.3, 0.4) is 0 Å². The van der Waals surface area contributed by atoms with E-state index in [1.54, 1.807) is 12.1 Å². The molecule has 1 amide bonds. The van der Waals surface area contributed by atoms with Gasteiger partial charge in [-0.2, -0.15) is 0 Å². The Morgan fingerprint density at radius 1 is 0.821 bits per heavy atom. The number of carbonyl (C=O) groups excluding carboxylic acids is 1. The van der Waals surface area contributed by atoms with E-state index in [1.165, 1.54) is 37.8 Å². The van der Waals surface area contributed by atoms with Crippen LogP contribution in [0.5, 0.6) is 0 Å². The molecule has 7 heteroatoms. The molecule has 0 saturated heterocycles. The molecule has 0 radical (unpaired) electrons. The second-order valence-corrected chi connectivity index (χ2v) is 9.69. The largest absolute Gasteiger partial charge is 0.446 e. The topological polar surface area (TPSA) is 84.5 Å². The first kappa shape index (κ1) is 21.1. The van der Waals surface area contributed by atoms with Crippen molar-refractivity contribution in [3.8, 4) is 0 Å². The maximum Gasteiger partial charge on any atom is 0.411 e. The van der Waals surface area contributed by atoms with Crippen LogP contribution >= 0.6 is 0 Å². The predicted octanol–water partition coefficient (Wildman–Crippen LogP) is 4.96. The molecule has 1 aromatic rings. The van der Waals surface area contributed by atoms with E-state index in [1.807, 2.05) is 0 Å². The standard InChI is InChI=1S/C21H32N2O4S/c24-21(27-19-11-7-2-1-3-8-12-19)22-17-13-15-20(16-14-17)28(25,26)23-18-9-5-4-6-10-18/h13-16,18-19,23H,1-12H2,(H,22,24). The number of rotatable bonds is 5. The predicted molar refractivity (Wildman–Crippen MR) is 110 cm³/mol. The zero-order chi connectivity index (χ0) is 19.8. The first-order valence-electron chi connectivity index (χ1n) is 10.6. The Labute approximate surface area is 168 Å². The summed E-state index contributed by atoms with van der Waals surface area (Å²) in [4.78, 5) is 12.4. The zero-order valence-electron chi connectivity index (χ0n) is 16.5. The zero-order valence-corrected chi connectivity index (χ0v) is 17.3. The highest BCUT2D eigenvalue weighted by molar-refractivity contribution is 7.89. The van der Waals surface area contributed by atoms with Crippen molar-refractivity contribution in [3.05, 3.63) is 24.3 Å². The first-order valence-corrected chi connectivity index (χ1v) is 12.1. The number of hydrogen-bond donors (Lipinski definition) is 2. The van der Waals surface area contributed by atoms with Crippen molar-refractivity contribution in [2.75, 3.05) is 5.32 Å². The van der Waals surface area contributed by atoms with Gasteiger partial charge in [-0.3, -0.25) is 5.32 Å². The Morgan fingerprint density at radius 3 is 2.00 bits per heavy atom. The van der Waals surface area contributed by atoms with Crippen LogP contribution in [-0.4, -0.2) is 26.7 Å². The van der Waals surface area contributed by atoms with E-state index >= 15 is 0 Å². The van der Waals surface area contributed by atoms with E-state index in [0.717, 1.165) is 51.4 Å². The molecule has 0 atom stereocenters. The third-order valence-corrected chi connectivity index (χ3v) is 7.20. The Kier molecular flexibility index (Phi) is 7.73. The van der Waals surface area contributed by atoms with Crippen LogP contribution in [0, 0.1) is 0 Å². The van der Waals surface area contributed by atoms with Crippen molar-refractivity contribution in [1.29, 1.82) is 0 Å². The van der Waals surface area contributed by atoms with Gasteiger partial charge >= 0.3 is 6.09 Å². The highest BCUT2D eigenvalue weighted by atomic mass is 32.2. The summed E-state index contributed by atoms with van der Waals surface area (Å²) in [7, 11) is -3.53. The van der Waals surface area contributed by atoms with Gasteiger partial charge in [-0.25, -0.2) is 17.9 Å². The number of anilines is 1. The molecule has 0 bridgehead atoms. The smallest absolute Gasteiger partial charge is 0.411 e. The lowest BCUT2D eigenvalue weighted by Gasteiger charge is -2.22. The van der Waals surface area contributed by atoms with Crippen LogP contribution in [0.25, 0.3) is 0 Å². The van der Waals surface area contributed by atoms with Crippen molar-refractivity contribution >= 4 is 21.8 Å². The van der Waals surface area contributed by atoms with Crippen molar-refractivity contribution in [2.45, 2.75) is 94.1 Å². The second-order valence-electron chi connectivity index (χ2n) is 7.98. The third-order valence-electron chi connectivity index (χ3n) is 5.66. The molecular weight excluding hydrogens is 376 g/mol. The van der Waals surface area contributed by atoms with Gasteiger partial charge in [0.2, 0.25) is 10.0 Å². The van der Waals surface area contributed by atoms with Gasteiger partial charge in [-0.1, -0.05) is 38.5 Å². The van der Waals surface area contributed by atoms with Crippen LogP contribution < -0.4 is 10.0 Å². The van der Waals surface area contributed by atoms with Gasteiger partial charge in [0, 0.05) is 11.7 Å². The van der Waals surface area contributed by atoms with Gasteiger partial charge in [0.15, 0.2) is 0 Å². The number of carbonyl (C=O) groups is 1. The average molecular weight is 409 g/mol. The highest BCUT2D eigenvalue weighted by Crippen LogP contribution is 2.22. The normalized spacial score (nSPS) is 20.1. The van der Waals surface area contributed by atoms with E-state index < -0.39 is 16.1 Å². The molecule has 0 unspecified atom stereocenters. The molecule has 2 aliphatic rings. The highest BCUT2D eigenvalue weighted by Gasteiger charge is 2.22. The second kappa shape index (κ2) is 10.3. The van der Waals surface area contributed by atoms with Gasteiger partial charge in [-0.15, -0.1) is 0 Å². The molecule has 156 valence electrons. The molecule has 2 N–H and O–H groups in total. The molecule has 6 nitrogen and oxygen atoms in total. The minimum atomic E-state index is -3.53. The lowest BCUT2D eigenvalue weighted by Crippen LogP contribution is -2.36. The van der Waals surface area contributed by atoms with Crippen LogP contribution in [0.1, 0.15) is 77.0 Å². The Hall–Kier alpha value is -1.60. The maximum atomic E-state index is 12.5. The average Bonchev–Trinajstić information content (AvgIpc) is 2.65. The molecule has 2 saturated carbocycles. The summed E-state index contributed by atoms with van der Waals surface area (Å²) in [6, 6.07) is 6.28. The van der Waals surface area contributed by atoms with Crippen LogP contribution in [0.15, 0.2) is 29.2 Å². The summed E-state index contributed by atoms with van der Waals surface area (Å²) in [5.41, 5.74) is 0.535. The lowest BCUT2D eigenvalue weighted by atomic mass is 9.96. The van der Waals surface area contributed by atoms with Crippen molar-refractivity contribution in [2.24, 2.45) is 0 Å². The monoisotopic (exact) mass is 408 g/mol. The number of benzene rings is 1. The fraction of sp³-hybridized carbons (Fsp3) is 0.667. The minimum absolute atomic E-state index is 0.0234. The van der Waals surface area contributed by atoms with Crippen LogP contribution in [0.4, 0.5) is 10.5 Å². The van der Waals surface area contributed by atoms with E-state index in [0.29, 0.717) is 5.69 Å². The van der Waals surface area contributed by atoms with Gasteiger partial charge in [0.1, 0.15) is 6.10 Å². The third kappa shape index (κ3) is 6.48. The number of sulfonamides is 1. The fourth-order valence-electron chi connectivity index (χ4n) is 4.06. The van der Waals surface area contributed by atoms with Crippen molar-refractivity contribution in [1.82, 2.24) is 4.72 Å². The maximum absolute atomic E-state index is 12.5. The molecule has 28 heavy (non-hydrogen) atoms. The first-order chi connectivity index (χ1) is 13.5. The Balaban J connectivity index is 1.52. The summed E-state index contributed by atoms with van der Waals surface area (Å²) in [6.07, 6.45) is 12.3. The van der Waals surface area contributed by atoms with Crippen LogP contribution in [-0.2, 0) is 14.8 Å². The number of ether oxygens (including phenoxy) is 1. The fourth-order valence-corrected chi connectivity index (χ4v) is 5.37. The molecule has 2 fully saturated rings. The number of hydrogen-bond acceptors (Lipinski definition) is 4. The lowest BCUT2D eigenvalue weighted by molar-refractivity contribution is 0.0933. The number of amides is 1. The quantitative estimate of drug-likeness (QED) is 0.721. The van der Waals surface area contributed by atoms with Gasteiger partial charge in [-0.05, 0) is 62.8 Å². The Bertz CT molecular complexity index is 719. The summed E-state index contributed by atoms with van der Waals surface area (Å²) >= 11 is 0. The van der Waals surface area contributed by atoms with E-state index in [-0.39, 0.29) is 17.0 Å². The molecule has 3 rings (SSSR count). The summed E-state index contributed by atoms with van der Waals surface area (Å²) in [5, 5.41) is 2.71. The molecule has 0 aliphatic heterocycles. The summed E-state index contributed by atoms with van der Waals surface area (Å²) < 4.78 is 33.4.